The fraction of sp³-hybridized carbons (Fsp3) is 0.0714. The van der Waals surface area contributed by atoms with Crippen molar-refractivity contribution in [1.82, 2.24) is 0 Å². The fourth-order valence-electron chi connectivity index (χ4n) is 1.70. The van der Waals surface area contributed by atoms with Crippen LogP contribution in [0, 0.1) is 0 Å². The highest BCUT2D eigenvalue weighted by atomic mass is 79.9. The zero-order valence-corrected chi connectivity index (χ0v) is 13.5. The lowest BCUT2D eigenvalue weighted by molar-refractivity contribution is 1.41. The van der Waals surface area contributed by atoms with Crippen molar-refractivity contribution in [3.63, 3.8) is 0 Å². The number of hydrogen-bond acceptors (Lipinski definition) is 3. The number of thiocarbonyl (C=S) groups is 1. The molecular weight excluding hydrogens is 340 g/mol. The third-order valence-electron chi connectivity index (χ3n) is 2.62. The molecule has 0 aliphatic rings. The van der Waals surface area contributed by atoms with E-state index >= 15 is 0 Å². The number of anilines is 2. The number of benzene rings is 2. The van der Waals surface area contributed by atoms with Gasteiger partial charge in [-0.3, -0.25) is 0 Å². The number of para-hydroxylation sites is 1. The molecule has 0 bridgehead atoms. The van der Waals surface area contributed by atoms with Gasteiger partial charge in [0.15, 0.2) is 0 Å². The van der Waals surface area contributed by atoms with Crippen molar-refractivity contribution in [2.24, 2.45) is 5.73 Å². The second-order valence-electron chi connectivity index (χ2n) is 3.88. The van der Waals surface area contributed by atoms with E-state index in [1.165, 1.54) is 4.90 Å². The molecule has 2 nitrogen and oxygen atoms in total. The summed E-state index contributed by atoms with van der Waals surface area (Å²) in [5.41, 5.74) is 8.57. The molecular formula is C14H13BrN2S2. The molecule has 3 N–H and O–H groups in total. The van der Waals surface area contributed by atoms with Gasteiger partial charge in [-0.2, -0.15) is 0 Å². The second-order valence-corrected chi connectivity index (χ2v) is 6.03. The number of nitrogens with two attached hydrogens (primary N) is 1. The van der Waals surface area contributed by atoms with Crippen molar-refractivity contribution < 1.29 is 0 Å². The summed E-state index contributed by atoms with van der Waals surface area (Å²) in [6.07, 6.45) is 2.06. The van der Waals surface area contributed by atoms with Crippen LogP contribution in [-0.2, 0) is 0 Å². The van der Waals surface area contributed by atoms with Crippen LogP contribution < -0.4 is 11.1 Å². The van der Waals surface area contributed by atoms with Crippen LogP contribution in [0.3, 0.4) is 0 Å². The predicted molar refractivity (Wildman–Crippen MR) is 91.5 cm³/mol. The van der Waals surface area contributed by atoms with Crippen LogP contribution in [0.5, 0.6) is 0 Å². The molecule has 0 aromatic heterocycles. The van der Waals surface area contributed by atoms with Crippen LogP contribution in [0.1, 0.15) is 5.56 Å². The molecule has 0 unspecified atom stereocenters. The highest BCUT2D eigenvalue weighted by Gasteiger charge is 2.05. The molecule has 0 radical (unpaired) electrons. The molecule has 0 saturated carbocycles. The first-order valence-corrected chi connectivity index (χ1v) is 8.04. The maximum absolute atomic E-state index is 5.64. The highest BCUT2D eigenvalue weighted by molar-refractivity contribution is 9.10. The maximum Gasteiger partial charge on any atom is 0.105 e. The Hall–Kier alpha value is -1.04. The van der Waals surface area contributed by atoms with E-state index < -0.39 is 0 Å². The summed E-state index contributed by atoms with van der Waals surface area (Å²) in [4.78, 5) is 1.60. The monoisotopic (exact) mass is 352 g/mol. The average Bonchev–Trinajstić information content (AvgIpc) is 2.39. The zero-order valence-electron chi connectivity index (χ0n) is 10.3. The average molecular weight is 353 g/mol. The van der Waals surface area contributed by atoms with Crippen LogP contribution in [-0.4, -0.2) is 11.2 Å². The Kier molecular flexibility index (Phi) is 4.85. The van der Waals surface area contributed by atoms with Gasteiger partial charge in [-0.25, -0.2) is 0 Å². The molecule has 98 valence electrons. The van der Waals surface area contributed by atoms with E-state index in [9.17, 15) is 0 Å². The van der Waals surface area contributed by atoms with Crippen LogP contribution >= 0.6 is 39.9 Å². The number of thioether (sulfide) groups is 1. The highest BCUT2D eigenvalue weighted by Crippen LogP contribution is 2.29. The summed E-state index contributed by atoms with van der Waals surface area (Å²) in [5, 5.41) is 3.40. The van der Waals surface area contributed by atoms with Gasteiger partial charge in [-0.05, 0) is 52.5 Å². The van der Waals surface area contributed by atoms with Gasteiger partial charge in [0, 0.05) is 20.6 Å². The van der Waals surface area contributed by atoms with E-state index in [2.05, 4.69) is 39.6 Å². The van der Waals surface area contributed by atoms with Gasteiger partial charge >= 0.3 is 0 Å². The van der Waals surface area contributed by atoms with Crippen LogP contribution in [0.25, 0.3) is 0 Å². The summed E-state index contributed by atoms with van der Waals surface area (Å²) in [6.45, 7) is 0. The maximum atomic E-state index is 5.64. The minimum atomic E-state index is 0.392. The van der Waals surface area contributed by atoms with Crippen molar-refractivity contribution in [2.75, 3.05) is 11.6 Å². The smallest absolute Gasteiger partial charge is 0.105 e. The molecule has 0 aliphatic carbocycles. The lowest BCUT2D eigenvalue weighted by atomic mass is 10.2. The number of hydrogen-bond donors (Lipinski definition) is 2. The van der Waals surface area contributed by atoms with E-state index in [1.54, 1.807) is 11.8 Å². The first kappa shape index (κ1) is 14.4. The lowest BCUT2D eigenvalue weighted by Gasteiger charge is -2.12. The Labute approximate surface area is 130 Å². The standard InChI is InChI=1S/C14H13BrN2S2/c1-19-13-5-3-2-4-12(13)17-9-6-7-10(14(16)18)11(15)8-9/h2-8,17H,1H3,(H2,16,18). The van der Waals surface area contributed by atoms with Gasteiger partial charge in [0.2, 0.25) is 0 Å². The normalized spacial score (nSPS) is 10.2. The summed E-state index contributed by atoms with van der Waals surface area (Å²) < 4.78 is 0.895. The minimum Gasteiger partial charge on any atom is -0.389 e. The lowest BCUT2D eigenvalue weighted by Crippen LogP contribution is -2.10. The molecule has 2 aromatic rings. The molecule has 0 heterocycles. The van der Waals surface area contributed by atoms with Crippen molar-refractivity contribution in [1.29, 1.82) is 0 Å². The number of halogens is 1. The molecule has 0 spiro atoms. The third kappa shape index (κ3) is 3.49. The molecule has 0 amide bonds. The molecule has 2 rings (SSSR count). The first-order valence-electron chi connectivity index (χ1n) is 5.61. The number of nitrogens with one attached hydrogen (secondary N) is 1. The van der Waals surface area contributed by atoms with Gasteiger partial charge in [0.05, 0.1) is 5.69 Å². The number of rotatable bonds is 4. The van der Waals surface area contributed by atoms with Gasteiger partial charge in [-0.1, -0.05) is 24.4 Å². The van der Waals surface area contributed by atoms with Crippen molar-refractivity contribution >= 4 is 56.3 Å². The Balaban J connectivity index is 2.29. The van der Waals surface area contributed by atoms with Gasteiger partial charge in [0.25, 0.3) is 0 Å². The topological polar surface area (TPSA) is 38.0 Å². The largest absolute Gasteiger partial charge is 0.389 e. The molecule has 0 fully saturated rings. The van der Waals surface area contributed by atoms with Crippen LogP contribution in [0.2, 0.25) is 0 Å². The van der Waals surface area contributed by atoms with E-state index in [1.807, 2.05) is 30.3 Å². The molecule has 5 heteroatoms. The third-order valence-corrected chi connectivity index (χ3v) is 4.29. The van der Waals surface area contributed by atoms with E-state index in [4.69, 9.17) is 18.0 Å². The van der Waals surface area contributed by atoms with Crippen molar-refractivity contribution in [2.45, 2.75) is 4.90 Å². The zero-order chi connectivity index (χ0) is 13.8. The predicted octanol–water partition coefficient (Wildman–Crippen LogP) is 4.55. The summed E-state index contributed by atoms with van der Waals surface area (Å²) in [7, 11) is 0. The molecule has 2 aromatic carbocycles. The van der Waals surface area contributed by atoms with Crippen molar-refractivity contribution in [3.05, 3.63) is 52.5 Å². The minimum absolute atomic E-state index is 0.392. The second kappa shape index (κ2) is 6.41. The van der Waals surface area contributed by atoms with E-state index in [0.717, 1.165) is 21.4 Å². The molecule has 19 heavy (non-hydrogen) atoms. The van der Waals surface area contributed by atoms with Crippen LogP contribution in [0.4, 0.5) is 11.4 Å². The van der Waals surface area contributed by atoms with Crippen molar-refractivity contribution in [3.8, 4) is 0 Å². The van der Waals surface area contributed by atoms with Gasteiger partial charge in [-0.15, -0.1) is 11.8 Å². The Morgan fingerprint density at radius 2 is 2.00 bits per heavy atom. The Bertz CT molecular complexity index is 614. The first-order chi connectivity index (χ1) is 9.11. The molecule has 0 saturated heterocycles. The fourth-order valence-corrected chi connectivity index (χ4v) is 3.15. The Morgan fingerprint density at radius 1 is 1.26 bits per heavy atom. The summed E-state index contributed by atoms with van der Waals surface area (Å²) in [6, 6.07) is 14.1. The van der Waals surface area contributed by atoms with Gasteiger partial charge < -0.3 is 11.1 Å². The van der Waals surface area contributed by atoms with Gasteiger partial charge in [0.1, 0.15) is 4.99 Å². The van der Waals surface area contributed by atoms with E-state index in [-0.39, 0.29) is 0 Å². The SMILES string of the molecule is CSc1ccccc1Nc1ccc(C(N)=S)c(Br)c1. The summed E-state index contributed by atoms with van der Waals surface area (Å²) in [5.74, 6) is 0. The molecule has 0 atom stereocenters. The quantitative estimate of drug-likeness (QED) is 0.625. The Morgan fingerprint density at radius 3 is 2.63 bits per heavy atom. The molecule has 0 aliphatic heterocycles. The van der Waals surface area contributed by atoms with Crippen LogP contribution in [0.15, 0.2) is 51.8 Å². The summed E-state index contributed by atoms with van der Waals surface area (Å²) >= 11 is 10.2. The van der Waals surface area contributed by atoms with E-state index in [0.29, 0.717) is 4.99 Å².